The van der Waals surface area contributed by atoms with Crippen molar-refractivity contribution >= 4 is 59.2 Å². The maximum absolute atomic E-state index is 14.4. The van der Waals surface area contributed by atoms with Crippen molar-refractivity contribution < 1.29 is 37.4 Å². The Morgan fingerprint density at radius 2 is 0.965 bits per heavy atom. The number of amides is 3. The van der Waals surface area contributed by atoms with Gasteiger partial charge in [-0.2, -0.15) is 0 Å². The highest BCUT2D eigenvalue weighted by Gasteiger charge is 2.40. The molecule has 0 bridgehead atoms. The van der Waals surface area contributed by atoms with Gasteiger partial charge in [-0.3, -0.25) is 24.5 Å². The van der Waals surface area contributed by atoms with Crippen LogP contribution in [0.2, 0.25) is 25.7 Å². The van der Waals surface area contributed by atoms with Crippen molar-refractivity contribution in [3.63, 3.8) is 0 Å². The Kier molecular flexibility index (Phi) is 16.8. The molecule has 12 rings (SSSR count). The molecular formula is C70H64F2N6O6Si. The molecule has 8 aromatic carbocycles. The third-order valence-electron chi connectivity index (χ3n) is 15.3. The van der Waals surface area contributed by atoms with Gasteiger partial charge in [-0.1, -0.05) is 165 Å². The number of benzene rings is 8. The van der Waals surface area contributed by atoms with E-state index in [0.29, 0.717) is 70.0 Å². The van der Waals surface area contributed by atoms with Crippen LogP contribution in [0.15, 0.2) is 207 Å². The first-order valence-corrected chi connectivity index (χ1v) is 32.0. The fraction of sp³-hybridized carbons (Fsp3) is 0.186. The first kappa shape index (κ1) is 57.1. The van der Waals surface area contributed by atoms with Crippen LogP contribution in [-0.2, 0) is 30.9 Å². The number of halogens is 2. The smallest absolute Gasteiger partial charge is 0.414 e. The van der Waals surface area contributed by atoms with Gasteiger partial charge in [0, 0.05) is 88.3 Å². The van der Waals surface area contributed by atoms with E-state index in [2.05, 4.69) is 29.9 Å². The van der Waals surface area contributed by atoms with E-state index in [1.165, 1.54) is 29.2 Å². The molecule has 0 radical (unpaired) electrons. The summed E-state index contributed by atoms with van der Waals surface area (Å²) in [6.45, 7) is 8.26. The Morgan fingerprint density at radius 1 is 0.565 bits per heavy atom. The number of ether oxygens (including phenoxy) is 3. The number of carbonyl (C=O) groups is 3. The number of hydrogen-bond acceptors (Lipinski definition) is 9. The molecule has 2 aromatic heterocycles. The molecule has 0 aliphatic carbocycles. The molecule has 4 heterocycles. The van der Waals surface area contributed by atoms with Crippen LogP contribution in [0.3, 0.4) is 0 Å². The Hall–Kier alpha value is -9.73. The minimum Gasteiger partial charge on any atom is -0.478 e. The SMILES string of the molecule is CN(C(=O)OCC[Si](C)(C)C)c1c2c(c(OC(c3ccccc3)c3ccccc3)c3ncccc13)C(=O)N(Cc1ccc(F)cc1)C2.CNc1c2c(c(OC(c3ccccc3)c3ccccc3)c3ncccc13)C(=O)N(Cc1ccc(F)cc1)C2. The van der Waals surface area contributed by atoms with Crippen molar-refractivity contribution in [2.24, 2.45) is 0 Å². The van der Waals surface area contributed by atoms with Gasteiger partial charge in [0.1, 0.15) is 34.9 Å². The van der Waals surface area contributed by atoms with Gasteiger partial charge >= 0.3 is 6.09 Å². The van der Waals surface area contributed by atoms with Gasteiger partial charge in [0.05, 0.1) is 23.4 Å². The van der Waals surface area contributed by atoms with Crippen LogP contribution in [0, 0.1) is 11.6 Å². The van der Waals surface area contributed by atoms with E-state index in [1.54, 1.807) is 53.5 Å². The summed E-state index contributed by atoms with van der Waals surface area (Å²) in [5.41, 5.74) is 10.3. The summed E-state index contributed by atoms with van der Waals surface area (Å²) in [6.07, 6.45) is 1.90. The molecule has 1 N–H and O–H groups in total. The summed E-state index contributed by atoms with van der Waals surface area (Å²) in [5, 5.41) is 4.86. The van der Waals surface area contributed by atoms with Crippen LogP contribution in [0.5, 0.6) is 11.5 Å². The molecule has 0 unspecified atom stereocenters. The van der Waals surface area contributed by atoms with Crippen molar-refractivity contribution in [2.75, 3.05) is 30.9 Å². The normalized spacial score (nSPS) is 12.8. The van der Waals surface area contributed by atoms with Crippen LogP contribution >= 0.6 is 0 Å². The lowest BCUT2D eigenvalue weighted by molar-refractivity contribution is 0.0755. The molecule has 0 atom stereocenters. The number of carbonyl (C=O) groups excluding carboxylic acids is 3. The average Bonchev–Trinajstić information content (AvgIpc) is 3.89. The molecule has 0 spiro atoms. The van der Waals surface area contributed by atoms with E-state index in [1.807, 2.05) is 153 Å². The first-order valence-electron chi connectivity index (χ1n) is 28.3. The second kappa shape index (κ2) is 25.0. The van der Waals surface area contributed by atoms with Crippen molar-refractivity contribution in [3.05, 3.63) is 274 Å². The lowest BCUT2D eigenvalue weighted by Crippen LogP contribution is -2.31. The fourth-order valence-electron chi connectivity index (χ4n) is 11.1. The van der Waals surface area contributed by atoms with Crippen LogP contribution in [0.4, 0.5) is 25.0 Å². The summed E-state index contributed by atoms with van der Waals surface area (Å²) in [5.74, 6) is -0.217. The largest absolute Gasteiger partial charge is 0.478 e. The molecule has 85 heavy (non-hydrogen) atoms. The Bertz CT molecular complexity index is 3950. The van der Waals surface area contributed by atoms with E-state index in [0.717, 1.165) is 56.1 Å². The molecule has 2 aliphatic rings. The van der Waals surface area contributed by atoms with Crippen molar-refractivity contribution in [3.8, 4) is 11.5 Å². The van der Waals surface area contributed by atoms with Gasteiger partial charge in [0.15, 0.2) is 11.5 Å². The van der Waals surface area contributed by atoms with Crippen LogP contribution in [-0.4, -0.2) is 66.5 Å². The van der Waals surface area contributed by atoms with Gasteiger partial charge in [-0.25, -0.2) is 13.6 Å². The monoisotopic (exact) mass is 1150 g/mol. The van der Waals surface area contributed by atoms with Gasteiger partial charge in [-0.15, -0.1) is 0 Å². The summed E-state index contributed by atoms with van der Waals surface area (Å²) < 4.78 is 46.7. The maximum atomic E-state index is 14.4. The van der Waals surface area contributed by atoms with E-state index < -0.39 is 26.4 Å². The fourth-order valence-corrected chi connectivity index (χ4v) is 11.8. The van der Waals surface area contributed by atoms with E-state index >= 15 is 0 Å². The number of anilines is 2. The number of hydrogen-bond donors (Lipinski definition) is 1. The van der Waals surface area contributed by atoms with E-state index in [-0.39, 0.29) is 36.5 Å². The zero-order valence-electron chi connectivity index (χ0n) is 48.0. The minimum atomic E-state index is -1.43. The quantitative estimate of drug-likeness (QED) is 0.0887. The molecule has 15 heteroatoms. The highest BCUT2D eigenvalue weighted by molar-refractivity contribution is 6.76. The second-order valence-corrected chi connectivity index (χ2v) is 28.0. The summed E-state index contributed by atoms with van der Waals surface area (Å²) >= 11 is 0. The van der Waals surface area contributed by atoms with Crippen molar-refractivity contribution in [1.29, 1.82) is 0 Å². The Morgan fingerprint density at radius 3 is 1.39 bits per heavy atom. The predicted molar refractivity (Wildman–Crippen MR) is 332 cm³/mol. The summed E-state index contributed by atoms with van der Waals surface area (Å²) in [4.78, 5) is 56.3. The molecule has 0 saturated carbocycles. The molecule has 0 fully saturated rings. The molecule has 12 nitrogen and oxygen atoms in total. The number of aromatic nitrogens is 2. The zero-order chi connectivity index (χ0) is 59.2. The van der Waals surface area contributed by atoms with Crippen molar-refractivity contribution in [2.45, 2.75) is 64.1 Å². The molecule has 0 saturated heterocycles. The van der Waals surface area contributed by atoms with Crippen molar-refractivity contribution in [1.82, 2.24) is 19.8 Å². The Balaban J connectivity index is 0.000000181. The molecule has 2 aliphatic heterocycles. The number of nitrogens with one attached hydrogen (secondary N) is 1. The van der Waals surface area contributed by atoms with Gasteiger partial charge < -0.3 is 29.3 Å². The van der Waals surface area contributed by atoms with Gasteiger partial charge in [0.25, 0.3) is 11.8 Å². The lowest BCUT2D eigenvalue weighted by atomic mass is 9.98. The van der Waals surface area contributed by atoms with Crippen LogP contribution in [0.1, 0.15) is 77.4 Å². The number of nitrogens with zero attached hydrogens (tertiary/aromatic N) is 5. The molecule has 428 valence electrons. The van der Waals surface area contributed by atoms with Crippen LogP contribution < -0.4 is 19.7 Å². The maximum Gasteiger partial charge on any atom is 0.414 e. The topological polar surface area (TPSA) is 126 Å². The third-order valence-corrected chi connectivity index (χ3v) is 17.0. The molecule has 10 aromatic rings. The zero-order valence-corrected chi connectivity index (χ0v) is 49.0. The summed E-state index contributed by atoms with van der Waals surface area (Å²) in [7, 11) is 2.09. The molecule has 3 amide bonds. The number of rotatable bonds is 17. The summed E-state index contributed by atoms with van der Waals surface area (Å²) in [6, 6.07) is 60.5. The lowest BCUT2D eigenvalue weighted by Gasteiger charge is -2.26. The van der Waals surface area contributed by atoms with E-state index in [4.69, 9.17) is 19.2 Å². The molecular weight excluding hydrogens is 1090 g/mol. The van der Waals surface area contributed by atoms with Crippen LogP contribution in [0.25, 0.3) is 21.8 Å². The number of pyridine rings is 2. The van der Waals surface area contributed by atoms with E-state index in [9.17, 15) is 23.2 Å². The third kappa shape index (κ3) is 12.3. The second-order valence-electron chi connectivity index (χ2n) is 22.3. The Labute approximate surface area is 494 Å². The first-order chi connectivity index (χ1) is 41.2. The average molecular weight is 1150 g/mol. The highest BCUT2D eigenvalue weighted by Crippen LogP contribution is 2.48. The minimum absolute atomic E-state index is 0.136. The number of fused-ring (bicyclic) bond motifs is 4. The standard InChI is InChI=1S/C38H38FN3O4Si.C32H26FN3O2/c1-41(38(44)45-22-23-47(2,3)4)34-30-16-11-21-40-33(30)36(46-35(27-12-7-5-8-13-27)28-14-9-6-10-15-28)32-31(34)25-42(37(32)43)24-26-17-19-29(39)20-18-26;1-34-28-25-13-8-18-35-29(25)31(38-30(22-9-4-2-5-10-22)23-11-6-3-7-12-23)27-26(28)20-36(32(27)37)19-21-14-16-24(33)17-15-21/h5-21,35H,22-25H2,1-4H3;2-18,30,34H,19-20H2,1H3. The highest BCUT2D eigenvalue weighted by atomic mass is 28.3. The van der Waals surface area contributed by atoms with Gasteiger partial charge in [-0.05, 0) is 88.0 Å². The van der Waals surface area contributed by atoms with Gasteiger partial charge in [0.2, 0.25) is 0 Å². The predicted octanol–water partition coefficient (Wildman–Crippen LogP) is 15.3.